The number of hydrogen-bond acceptors (Lipinski definition) is 4. The first kappa shape index (κ1) is 23.4. The molecule has 27 heavy (non-hydrogen) atoms. The van der Waals surface area contributed by atoms with Gasteiger partial charge in [0, 0.05) is 31.6 Å². The van der Waals surface area contributed by atoms with E-state index in [1.807, 2.05) is 0 Å². The van der Waals surface area contributed by atoms with Crippen molar-refractivity contribution in [2.45, 2.75) is 83.2 Å². The van der Waals surface area contributed by atoms with Crippen LogP contribution >= 0.6 is 0 Å². The molecule has 0 heterocycles. The smallest absolute Gasteiger partial charge is 0.305 e. The maximum atomic E-state index is 13.8. The molecule has 0 amide bonds. The quantitative estimate of drug-likeness (QED) is 0.368. The number of aliphatic hydroxyl groups excluding tert-OH is 1. The van der Waals surface area contributed by atoms with Crippen LogP contribution in [0.15, 0.2) is 12.2 Å². The number of halogens is 2. The number of Topliss-reactive ketones (excluding diaryl/α,β-unsaturated/α-hetero) is 2. The number of carbonyl (C=O) groups is 3. The zero-order valence-electron chi connectivity index (χ0n) is 15.8. The summed E-state index contributed by atoms with van der Waals surface area (Å²) in [5, 5.41) is 18.7. The molecular formula is C20H30F2O5. The zero-order chi connectivity index (χ0) is 20.4. The maximum Gasteiger partial charge on any atom is 0.305 e. The van der Waals surface area contributed by atoms with Crippen LogP contribution < -0.4 is 0 Å². The number of alkyl halides is 2. The predicted molar refractivity (Wildman–Crippen MR) is 96.6 cm³/mol. The summed E-state index contributed by atoms with van der Waals surface area (Å²) in [6, 6.07) is 0. The van der Waals surface area contributed by atoms with Crippen molar-refractivity contribution in [3.63, 3.8) is 0 Å². The Labute approximate surface area is 158 Å². The Morgan fingerprint density at radius 2 is 1.93 bits per heavy atom. The SMILES string of the molecule is CCCCC(F)(F)C(=O)CC[C@H]1C(O)CC(=O)C1CC=CCCCC(=O)O. The van der Waals surface area contributed by atoms with Crippen LogP contribution in [0.1, 0.15) is 71.1 Å². The fraction of sp³-hybridized carbons (Fsp3) is 0.750. The van der Waals surface area contributed by atoms with E-state index in [0.29, 0.717) is 25.7 Å². The molecule has 1 rings (SSSR count). The van der Waals surface area contributed by atoms with Gasteiger partial charge in [-0.25, -0.2) is 0 Å². The van der Waals surface area contributed by atoms with Crippen molar-refractivity contribution in [2.75, 3.05) is 0 Å². The summed E-state index contributed by atoms with van der Waals surface area (Å²) in [4.78, 5) is 34.4. The molecule has 7 heteroatoms. The predicted octanol–water partition coefficient (Wildman–Crippen LogP) is 3.93. The normalized spacial score (nSPS) is 23.3. The van der Waals surface area contributed by atoms with E-state index in [4.69, 9.17) is 5.11 Å². The Balaban J connectivity index is 2.53. The molecule has 5 nitrogen and oxygen atoms in total. The second-order valence-corrected chi connectivity index (χ2v) is 7.27. The van der Waals surface area contributed by atoms with Crippen molar-refractivity contribution < 1.29 is 33.4 Å². The van der Waals surface area contributed by atoms with E-state index in [9.17, 15) is 28.3 Å². The number of aliphatic hydroxyl groups is 1. The van der Waals surface area contributed by atoms with Crippen molar-refractivity contribution in [2.24, 2.45) is 11.8 Å². The average molecular weight is 388 g/mol. The van der Waals surface area contributed by atoms with E-state index < -0.39 is 42.0 Å². The maximum absolute atomic E-state index is 13.8. The number of carbonyl (C=O) groups excluding carboxylic acids is 2. The van der Waals surface area contributed by atoms with E-state index in [-0.39, 0.29) is 37.9 Å². The third kappa shape index (κ3) is 7.87. The van der Waals surface area contributed by atoms with Gasteiger partial charge in [0.15, 0.2) is 0 Å². The topological polar surface area (TPSA) is 91.7 Å². The van der Waals surface area contributed by atoms with Crippen molar-refractivity contribution in [3.8, 4) is 0 Å². The summed E-state index contributed by atoms with van der Waals surface area (Å²) in [7, 11) is 0. The van der Waals surface area contributed by atoms with Gasteiger partial charge in [0.05, 0.1) is 6.10 Å². The van der Waals surface area contributed by atoms with Crippen LogP contribution in [0.3, 0.4) is 0 Å². The zero-order valence-corrected chi connectivity index (χ0v) is 15.8. The minimum atomic E-state index is -3.34. The number of allylic oxidation sites excluding steroid dienone is 2. The standard InChI is InChI=1S/C20H30F2O5/c1-2-3-12-20(21,22)18(25)11-10-15-14(16(23)13-17(15)24)8-6-4-5-7-9-19(26)27/h4,6,14-15,17,24H,2-3,5,7-13H2,1H3,(H,26,27)/t14?,15-,17?/m1/s1. The van der Waals surface area contributed by atoms with Gasteiger partial charge in [-0.3, -0.25) is 14.4 Å². The van der Waals surface area contributed by atoms with Gasteiger partial charge in [-0.15, -0.1) is 0 Å². The lowest BCUT2D eigenvalue weighted by Crippen LogP contribution is -2.30. The monoisotopic (exact) mass is 388 g/mol. The molecule has 0 aromatic carbocycles. The molecule has 1 aliphatic carbocycles. The highest BCUT2D eigenvalue weighted by Crippen LogP contribution is 2.36. The van der Waals surface area contributed by atoms with Gasteiger partial charge < -0.3 is 10.2 Å². The summed E-state index contributed by atoms with van der Waals surface area (Å²) in [5.74, 6) is -6.42. The van der Waals surface area contributed by atoms with Gasteiger partial charge in [-0.1, -0.05) is 25.5 Å². The van der Waals surface area contributed by atoms with E-state index in [0.717, 1.165) is 0 Å². The lowest BCUT2D eigenvalue weighted by Gasteiger charge is -2.21. The molecule has 0 radical (unpaired) electrons. The van der Waals surface area contributed by atoms with Gasteiger partial charge in [0.2, 0.25) is 5.78 Å². The molecule has 0 aromatic rings. The molecule has 0 saturated heterocycles. The van der Waals surface area contributed by atoms with Crippen molar-refractivity contribution in [1.29, 1.82) is 0 Å². The summed E-state index contributed by atoms with van der Waals surface area (Å²) in [6.45, 7) is 1.78. The minimum absolute atomic E-state index is 0.0113. The number of hydrogen-bond donors (Lipinski definition) is 2. The second-order valence-electron chi connectivity index (χ2n) is 7.27. The average Bonchev–Trinajstić information content (AvgIpc) is 2.86. The summed E-state index contributed by atoms with van der Waals surface area (Å²) >= 11 is 0. The van der Waals surface area contributed by atoms with Gasteiger partial charge in [0.25, 0.3) is 0 Å². The van der Waals surface area contributed by atoms with Gasteiger partial charge >= 0.3 is 11.9 Å². The Kier molecular flexibility index (Phi) is 9.77. The molecule has 0 aliphatic heterocycles. The fourth-order valence-corrected chi connectivity index (χ4v) is 3.47. The van der Waals surface area contributed by atoms with Crippen molar-refractivity contribution in [1.82, 2.24) is 0 Å². The van der Waals surface area contributed by atoms with Crippen LogP contribution in [0.4, 0.5) is 8.78 Å². The third-order valence-electron chi connectivity index (χ3n) is 5.11. The molecule has 154 valence electrons. The van der Waals surface area contributed by atoms with Crippen LogP contribution in [-0.2, 0) is 14.4 Å². The molecular weight excluding hydrogens is 358 g/mol. The van der Waals surface area contributed by atoms with Gasteiger partial charge in [0.1, 0.15) is 5.78 Å². The molecule has 2 unspecified atom stereocenters. The Morgan fingerprint density at radius 1 is 1.22 bits per heavy atom. The molecule has 2 N–H and O–H groups in total. The van der Waals surface area contributed by atoms with Crippen LogP contribution in [-0.4, -0.2) is 39.8 Å². The summed E-state index contributed by atoms with van der Waals surface area (Å²) in [5.41, 5.74) is 0. The number of aliphatic carboxylic acids is 1. The van der Waals surface area contributed by atoms with E-state index in [1.54, 1.807) is 19.1 Å². The number of carboxylic acid groups (broad SMARTS) is 1. The lowest BCUT2D eigenvalue weighted by atomic mass is 9.86. The van der Waals surface area contributed by atoms with E-state index in [2.05, 4.69) is 0 Å². The fourth-order valence-electron chi connectivity index (χ4n) is 3.47. The number of unbranched alkanes of at least 4 members (excludes halogenated alkanes) is 2. The number of rotatable bonds is 13. The molecule has 3 atom stereocenters. The van der Waals surface area contributed by atoms with Crippen LogP contribution in [0, 0.1) is 11.8 Å². The van der Waals surface area contributed by atoms with E-state index >= 15 is 0 Å². The Morgan fingerprint density at radius 3 is 2.56 bits per heavy atom. The Bertz CT molecular complexity index is 544. The molecule has 0 aromatic heterocycles. The highest BCUT2D eigenvalue weighted by molar-refractivity contribution is 5.86. The molecule has 1 fully saturated rings. The van der Waals surface area contributed by atoms with Gasteiger partial charge in [-0.05, 0) is 38.0 Å². The van der Waals surface area contributed by atoms with Crippen LogP contribution in [0.5, 0.6) is 0 Å². The number of ketones is 2. The first-order valence-electron chi connectivity index (χ1n) is 9.67. The van der Waals surface area contributed by atoms with Crippen molar-refractivity contribution >= 4 is 17.5 Å². The Hall–Kier alpha value is -1.63. The minimum Gasteiger partial charge on any atom is -0.481 e. The molecule has 0 bridgehead atoms. The van der Waals surface area contributed by atoms with E-state index in [1.165, 1.54) is 0 Å². The second kappa shape index (κ2) is 11.3. The van der Waals surface area contributed by atoms with Crippen LogP contribution in [0.25, 0.3) is 0 Å². The van der Waals surface area contributed by atoms with Gasteiger partial charge in [-0.2, -0.15) is 8.78 Å². The molecule has 1 aliphatic rings. The highest BCUT2D eigenvalue weighted by Gasteiger charge is 2.43. The summed E-state index contributed by atoms with van der Waals surface area (Å²) < 4.78 is 27.6. The first-order valence-corrected chi connectivity index (χ1v) is 9.67. The lowest BCUT2D eigenvalue weighted by molar-refractivity contribution is -0.144. The number of carboxylic acids is 1. The largest absolute Gasteiger partial charge is 0.481 e. The summed E-state index contributed by atoms with van der Waals surface area (Å²) in [6.07, 6.45) is 4.29. The van der Waals surface area contributed by atoms with Crippen LogP contribution in [0.2, 0.25) is 0 Å². The first-order chi connectivity index (χ1) is 12.7. The molecule has 1 saturated carbocycles. The molecule has 0 spiro atoms. The van der Waals surface area contributed by atoms with Crippen molar-refractivity contribution in [3.05, 3.63) is 12.2 Å². The highest BCUT2D eigenvalue weighted by atomic mass is 19.3. The third-order valence-corrected chi connectivity index (χ3v) is 5.11.